The van der Waals surface area contributed by atoms with Gasteiger partial charge < -0.3 is 9.47 Å². The maximum Gasteiger partial charge on any atom is 0.573 e. The van der Waals surface area contributed by atoms with Crippen molar-refractivity contribution < 1.29 is 31.8 Å². The molecule has 156 valence electrons. The number of aromatic nitrogens is 2. The first-order valence-corrected chi connectivity index (χ1v) is 9.45. The fourth-order valence-electron chi connectivity index (χ4n) is 3.16. The van der Waals surface area contributed by atoms with E-state index in [1.54, 1.807) is 19.2 Å². The summed E-state index contributed by atoms with van der Waals surface area (Å²) >= 11 is 0. The Balaban J connectivity index is 1.48. The highest BCUT2D eigenvalue weighted by Gasteiger charge is 2.31. The quantitative estimate of drug-likeness (QED) is 0.430. The van der Waals surface area contributed by atoms with E-state index in [0.717, 1.165) is 28.3 Å². The molecule has 0 unspecified atom stereocenters. The van der Waals surface area contributed by atoms with Crippen molar-refractivity contribution in [3.63, 3.8) is 0 Å². The van der Waals surface area contributed by atoms with Gasteiger partial charge in [0, 0.05) is 48.5 Å². The molecule has 0 fully saturated rings. The summed E-state index contributed by atoms with van der Waals surface area (Å²) in [7, 11) is 1.64. The third-order valence-electron chi connectivity index (χ3n) is 4.73. The number of alkyl halides is 3. The van der Waals surface area contributed by atoms with Crippen LogP contribution in [0.5, 0.6) is 11.5 Å². The van der Waals surface area contributed by atoms with Crippen LogP contribution >= 0.6 is 0 Å². The molecular formula is C24H19F3N2O2+2. The highest BCUT2D eigenvalue weighted by atomic mass is 19.4. The number of halogens is 3. The van der Waals surface area contributed by atoms with Crippen LogP contribution < -0.4 is 18.6 Å². The van der Waals surface area contributed by atoms with Crippen molar-refractivity contribution in [3.05, 3.63) is 97.6 Å². The van der Waals surface area contributed by atoms with Gasteiger partial charge >= 0.3 is 6.36 Å². The van der Waals surface area contributed by atoms with Gasteiger partial charge in [-0.2, -0.15) is 9.13 Å². The minimum absolute atomic E-state index is 0.247. The molecule has 4 rings (SSSR count). The summed E-state index contributed by atoms with van der Waals surface area (Å²) in [5.74, 6) is 0.559. The molecule has 4 aromatic rings. The fourth-order valence-corrected chi connectivity index (χ4v) is 3.16. The number of pyridine rings is 2. The maximum absolute atomic E-state index is 12.3. The number of nitrogens with zero attached hydrogens (tertiary/aromatic N) is 2. The van der Waals surface area contributed by atoms with Crippen LogP contribution in [-0.2, 0) is 0 Å². The molecule has 2 aromatic heterocycles. The van der Waals surface area contributed by atoms with E-state index in [1.807, 2.05) is 82.5 Å². The second kappa shape index (κ2) is 8.47. The van der Waals surface area contributed by atoms with Crippen molar-refractivity contribution >= 4 is 0 Å². The molecular weight excluding hydrogens is 405 g/mol. The van der Waals surface area contributed by atoms with Crippen molar-refractivity contribution in [2.75, 3.05) is 7.11 Å². The smallest absolute Gasteiger partial charge is 0.497 e. The predicted octanol–water partition coefficient (Wildman–Crippen LogP) is 4.81. The summed E-state index contributed by atoms with van der Waals surface area (Å²) in [6, 6.07) is 21.5. The summed E-state index contributed by atoms with van der Waals surface area (Å²) in [4.78, 5) is 0. The first-order chi connectivity index (χ1) is 14.9. The Kier molecular flexibility index (Phi) is 5.58. The topological polar surface area (TPSA) is 26.2 Å². The molecule has 0 aliphatic heterocycles. The van der Waals surface area contributed by atoms with E-state index in [9.17, 15) is 13.2 Å². The third-order valence-corrected chi connectivity index (χ3v) is 4.73. The lowest BCUT2D eigenvalue weighted by Gasteiger charge is -2.08. The molecule has 0 bridgehead atoms. The zero-order valence-corrected chi connectivity index (χ0v) is 16.6. The highest BCUT2D eigenvalue weighted by molar-refractivity contribution is 5.61. The van der Waals surface area contributed by atoms with Gasteiger partial charge in [-0.25, -0.2) is 0 Å². The molecule has 0 spiro atoms. The SMILES string of the molecule is COc1ccc(-[n+]2ccc(-c3cc[n+](-c4ccc(OC(F)(F)F)cc4)cc3)cc2)cc1. The maximum atomic E-state index is 12.3. The molecule has 0 atom stereocenters. The van der Waals surface area contributed by atoms with Gasteiger partial charge in [-0.15, -0.1) is 13.2 Å². The average Bonchev–Trinajstić information content (AvgIpc) is 2.79. The molecule has 2 aromatic carbocycles. The Morgan fingerprint density at radius 2 is 0.968 bits per heavy atom. The van der Waals surface area contributed by atoms with Crippen molar-refractivity contribution in [3.8, 4) is 34.0 Å². The van der Waals surface area contributed by atoms with Crippen LogP contribution in [0.1, 0.15) is 0 Å². The van der Waals surface area contributed by atoms with E-state index in [4.69, 9.17) is 4.74 Å². The average molecular weight is 424 g/mol. The van der Waals surface area contributed by atoms with Crippen LogP contribution in [0.25, 0.3) is 22.5 Å². The minimum atomic E-state index is -4.70. The van der Waals surface area contributed by atoms with E-state index in [2.05, 4.69) is 4.74 Å². The van der Waals surface area contributed by atoms with Gasteiger partial charge in [-0.05, 0) is 35.4 Å². The van der Waals surface area contributed by atoms with Crippen molar-refractivity contribution in [2.45, 2.75) is 6.36 Å². The van der Waals surface area contributed by atoms with Gasteiger partial charge in [0.25, 0.3) is 0 Å². The fraction of sp³-hybridized carbons (Fsp3) is 0.0833. The van der Waals surface area contributed by atoms with E-state index in [-0.39, 0.29) is 5.75 Å². The third kappa shape index (κ3) is 5.01. The first kappa shape index (κ1) is 20.4. The highest BCUT2D eigenvalue weighted by Crippen LogP contribution is 2.23. The Labute approximate surface area is 177 Å². The van der Waals surface area contributed by atoms with Crippen molar-refractivity contribution in [1.29, 1.82) is 0 Å². The summed E-state index contributed by atoms with van der Waals surface area (Å²) in [5.41, 5.74) is 3.82. The minimum Gasteiger partial charge on any atom is -0.497 e. The van der Waals surface area contributed by atoms with Crippen LogP contribution in [-0.4, -0.2) is 13.5 Å². The van der Waals surface area contributed by atoms with Gasteiger partial charge in [0.15, 0.2) is 24.8 Å². The van der Waals surface area contributed by atoms with Gasteiger partial charge in [0.05, 0.1) is 7.11 Å². The predicted molar refractivity (Wildman–Crippen MR) is 108 cm³/mol. The number of benzene rings is 2. The van der Waals surface area contributed by atoms with Gasteiger partial charge in [0.2, 0.25) is 11.4 Å². The lowest BCUT2D eigenvalue weighted by molar-refractivity contribution is -0.596. The van der Waals surface area contributed by atoms with Crippen LogP contribution in [0.4, 0.5) is 13.2 Å². The van der Waals surface area contributed by atoms with Gasteiger partial charge in [-0.3, -0.25) is 0 Å². The molecule has 0 radical (unpaired) electrons. The van der Waals surface area contributed by atoms with E-state index in [1.165, 1.54) is 12.1 Å². The summed E-state index contributed by atoms with van der Waals surface area (Å²) in [5, 5.41) is 0. The Morgan fingerprint density at radius 3 is 1.32 bits per heavy atom. The van der Waals surface area contributed by atoms with Gasteiger partial charge in [0.1, 0.15) is 11.5 Å². The van der Waals surface area contributed by atoms with E-state index >= 15 is 0 Å². The molecule has 4 nitrogen and oxygen atoms in total. The van der Waals surface area contributed by atoms with Gasteiger partial charge in [-0.1, -0.05) is 0 Å². The number of methoxy groups -OCH3 is 1. The molecule has 0 saturated carbocycles. The molecule has 31 heavy (non-hydrogen) atoms. The summed E-state index contributed by atoms with van der Waals surface area (Å²) in [6.45, 7) is 0. The lowest BCUT2D eigenvalue weighted by Crippen LogP contribution is -2.29. The molecule has 0 saturated heterocycles. The Morgan fingerprint density at radius 1 is 0.581 bits per heavy atom. The lowest BCUT2D eigenvalue weighted by atomic mass is 10.1. The number of rotatable bonds is 5. The monoisotopic (exact) mass is 424 g/mol. The Hall–Kier alpha value is -3.87. The number of hydrogen-bond acceptors (Lipinski definition) is 2. The second-order valence-electron chi connectivity index (χ2n) is 6.73. The molecule has 0 aliphatic carbocycles. The first-order valence-electron chi connectivity index (χ1n) is 9.45. The largest absolute Gasteiger partial charge is 0.573 e. The molecule has 0 aliphatic rings. The van der Waals surface area contributed by atoms with Crippen molar-refractivity contribution in [1.82, 2.24) is 0 Å². The van der Waals surface area contributed by atoms with E-state index < -0.39 is 6.36 Å². The van der Waals surface area contributed by atoms with Crippen molar-refractivity contribution in [2.24, 2.45) is 0 Å². The molecule has 7 heteroatoms. The van der Waals surface area contributed by atoms with E-state index in [0.29, 0.717) is 0 Å². The van der Waals surface area contributed by atoms with Crippen LogP contribution in [0, 0.1) is 0 Å². The molecule has 2 heterocycles. The number of hydrogen-bond donors (Lipinski definition) is 0. The number of ether oxygens (including phenoxy) is 2. The summed E-state index contributed by atoms with van der Waals surface area (Å²) < 4.78 is 49.8. The standard InChI is InChI=1S/C24H19F3N2O2/c1-30-22-6-2-20(3-7-22)28-14-10-18(11-15-28)19-12-16-29(17-13-19)21-4-8-23(9-5-21)31-24(25,26)27/h2-17H,1H3/q+2. The normalized spacial score (nSPS) is 11.2. The zero-order chi connectivity index (χ0) is 21.8. The molecule has 0 N–H and O–H groups in total. The van der Waals surface area contributed by atoms with Crippen LogP contribution in [0.15, 0.2) is 97.6 Å². The summed E-state index contributed by atoms with van der Waals surface area (Å²) in [6.07, 6.45) is 2.99. The molecule has 0 amide bonds. The second-order valence-corrected chi connectivity index (χ2v) is 6.73. The van der Waals surface area contributed by atoms with Crippen LogP contribution in [0.3, 0.4) is 0 Å². The van der Waals surface area contributed by atoms with Crippen LogP contribution in [0.2, 0.25) is 0 Å². The zero-order valence-electron chi connectivity index (χ0n) is 16.6. The Bertz CT molecular complexity index is 1140.